The van der Waals surface area contributed by atoms with Crippen molar-refractivity contribution in [2.24, 2.45) is 0 Å². The lowest BCUT2D eigenvalue weighted by Crippen LogP contribution is -2.35. The SMILES string of the molecule is CC(=O)CC1(O)CCSCC1. The van der Waals surface area contributed by atoms with Crippen LogP contribution in [0.2, 0.25) is 0 Å². The van der Waals surface area contributed by atoms with Gasteiger partial charge in [0.25, 0.3) is 0 Å². The van der Waals surface area contributed by atoms with Crippen molar-refractivity contribution in [1.82, 2.24) is 0 Å². The highest BCUT2D eigenvalue weighted by Crippen LogP contribution is 2.29. The van der Waals surface area contributed by atoms with Crippen LogP contribution in [0.1, 0.15) is 26.2 Å². The van der Waals surface area contributed by atoms with E-state index in [-0.39, 0.29) is 5.78 Å². The van der Waals surface area contributed by atoms with Crippen LogP contribution in [0.25, 0.3) is 0 Å². The summed E-state index contributed by atoms with van der Waals surface area (Å²) in [5, 5.41) is 9.81. The maximum Gasteiger partial charge on any atom is 0.132 e. The summed E-state index contributed by atoms with van der Waals surface area (Å²) in [5.74, 6) is 2.08. The molecule has 1 rings (SSSR count). The number of carbonyl (C=O) groups excluding carboxylic acids is 1. The standard InChI is InChI=1S/C8H14O2S/c1-7(9)6-8(10)2-4-11-5-3-8/h10H,2-6H2,1H3. The van der Waals surface area contributed by atoms with Gasteiger partial charge in [0.15, 0.2) is 0 Å². The topological polar surface area (TPSA) is 37.3 Å². The Morgan fingerprint density at radius 3 is 2.55 bits per heavy atom. The summed E-state index contributed by atoms with van der Waals surface area (Å²) in [6.45, 7) is 1.54. The summed E-state index contributed by atoms with van der Waals surface area (Å²) in [5.41, 5.74) is -0.670. The van der Waals surface area contributed by atoms with Crippen LogP contribution in [0.15, 0.2) is 0 Å². The lowest BCUT2D eigenvalue weighted by molar-refractivity contribution is -0.122. The Bertz CT molecular complexity index is 150. The molecule has 0 saturated carbocycles. The van der Waals surface area contributed by atoms with E-state index in [9.17, 15) is 9.90 Å². The Kier molecular flexibility index (Phi) is 2.96. The molecule has 0 amide bonds. The van der Waals surface area contributed by atoms with E-state index in [1.807, 2.05) is 11.8 Å². The molecule has 0 atom stereocenters. The van der Waals surface area contributed by atoms with E-state index in [2.05, 4.69) is 0 Å². The van der Waals surface area contributed by atoms with Crippen molar-refractivity contribution in [3.8, 4) is 0 Å². The molecule has 0 aliphatic carbocycles. The highest BCUT2D eigenvalue weighted by molar-refractivity contribution is 7.99. The molecule has 0 radical (unpaired) electrons. The van der Waals surface area contributed by atoms with Crippen LogP contribution in [-0.2, 0) is 4.79 Å². The second kappa shape index (κ2) is 3.59. The molecular formula is C8H14O2S. The quantitative estimate of drug-likeness (QED) is 0.684. The molecule has 11 heavy (non-hydrogen) atoms. The van der Waals surface area contributed by atoms with E-state index < -0.39 is 5.60 Å². The molecule has 1 heterocycles. The fraction of sp³-hybridized carbons (Fsp3) is 0.875. The summed E-state index contributed by atoms with van der Waals surface area (Å²) in [7, 11) is 0. The van der Waals surface area contributed by atoms with E-state index >= 15 is 0 Å². The van der Waals surface area contributed by atoms with Gasteiger partial charge in [-0.1, -0.05) is 0 Å². The smallest absolute Gasteiger partial charge is 0.132 e. The number of Topliss-reactive ketones (excluding diaryl/α,β-unsaturated/α-hetero) is 1. The molecule has 3 heteroatoms. The molecule has 1 fully saturated rings. The van der Waals surface area contributed by atoms with Gasteiger partial charge in [0, 0.05) is 6.42 Å². The minimum absolute atomic E-state index is 0.0967. The molecule has 0 aromatic heterocycles. The van der Waals surface area contributed by atoms with Crippen molar-refractivity contribution < 1.29 is 9.90 Å². The van der Waals surface area contributed by atoms with Gasteiger partial charge in [0.2, 0.25) is 0 Å². The fourth-order valence-corrected chi connectivity index (χ4v) is 2.64. The second-order valence-corrected chi connectivity index (χ2v) is 4.44. The van der Waals surface area contributed by atoms with Crippen molar-refractivity contribution in [2.75, 3.05) is 11.5 Å². The average molecular weight is 174 g/mol. The van der Waals surface area contributed by atoms with Gasteiger partial charge < -0.3 is 5.11 Å². The summed E-state index contributed by atoms with van der Waals surface area (Å²) in [6, 6.07) is 0. The molecule has 64 valence electrons. The number of carbonyl (C=O) groups is 1. The Labute approximate surface area is 71.4 Å². The number of rotatable bonds is 2. The van der Waals surface area contributed by atoms with Crippen molar-refractivity contribution >= 4 is 17.5 Å². The first kappa shape index (κ1) is 9.07. The predicted octanol–water partition coefficient (Wildman–Crippen LogP) is 1.22. The molecule has 1 saturated heterocycles. The van der Waals surface area contributed by atoms with Crippen LogP contribution in [0.5, 0.6) is 0 Å². The molecule has 1 aliphatic rings. The highest BCUT2D eigenvalue weighted by atomic mass is 32.2. The van der Waals surface area contributed by atoms with Crippen LogP contribution in [0.3, 0.4) is 0 Å². The predicted molar refractivity (Wildman–Crippen MR) is 46.8 cm³/mol. The molecule has 0 unspecified atom stereocenters. The van der Waals surface area contributed by atoms with Crippen molar-refractivity contribution in [3.63, 3.8) is 0 Å². The van der Waals surface area contributed by atoms with Crippen LogP contribution >= 0.6 is 11.8 Å². The van der Waals surface area contributed by atoms with Gasteiger partial charge in [-0.05, 0) is 31.3 Å². The van der Waals surface area contributed by atoms with E-state index in [0.717, 1.165) is 24.3 Å². The summed E-state index contributed by atoms with van der Waals surface area (Å²) < 4.78 is 0. The third kappa shape index (κ3) is 2.83. The zero-order valence-electron chi connectivity index (χ0n) is 6.80. The summed E-state index contributed by atoms with van der Waals surface area (Å²) in [6.07, 6.45) is 1.89. The molecular weight excluding hydrogens is 160 g/mol. The van der Waals surface area contributed by atoms with Crippen LogP contribution in [0, 0.1) is 0 Å². The second-order valence-electron chi connectivity index (χ2n) is 3.22. The van der Waals surface area contributed by atoms with Crippen molar-refractivity contribution in [1.29, 1.82) is 0 Å². The fourth-order valence-electron chi connectivity index (χ4n) is 1.39. The molecule has 0 bridgehead atoms. The number of ketones is 1. The number of hydrogen-bond acceptors (Lipinski definition) is 3. The first-order valence-corrected chi connectivity index (χ1v) is 5.07. The Hall–Kier alpha value is -0.0200. The molecule has 2 nitrogen and oxygen atoms in total. The number of aliphatic hydroxyl groups is 1. The van der Waals surface area contributed by atoms with Gasteiger partial charge in [-0.3, -0.25) is 4.79 Å². The third-order valence-electron chi connectivity index (χ3n) is 2.00. The van der Waals surface area contributed by atoms with Gasteiger partial charge in [0.05, 0.1) is 5.60 Å². The van der Waals surface area contributed by atoms with Gasteiger partial charge in [0.1, 0.15) is 5.78 Å². The molecule has 0 spiro atoms. The maximum absolute atomic E-state index is 10.8. The lowest BCUT2D eigenvalue weighted by Gasteiger charge is -2.30. The summed E-state index contributed by atoms with van der Waals surface area (Å²) in [4.78, 5) is 10.8. The first-order valence-electron chi connectivity index (χ1n) is 3.92. The third-order valence-corrected chi connectivity index (χ3v) is 2.99. The van der Waals surface area contributed by atoms with E-state index in [0.29, 0.717) is 6.42 Å². The normalized spacial score (nSPS) is 23.1. The Balaban J connectivity index is 2.43. The van der Waals surface area contributed by atoms with Crippen LogP contribution in [-0.4, -0.2) is 28.0 Å². The van der Waals surface area contributed by atoms with Crippen LogP contribution in [0.4, 0.5) is 0 Å². The van der Waals surface area contributed by atoms with Crippen molar-refractivity contribution in [2.45, 2.75) is 31.8 Å². The monoisotopic (exact) mass is 174 g/mol. The van der Waals surface area contributed by atoms with Gasteiger partial charge in [-0.15, -0.1) is 0 Å². The summed E-state index contributed by atoms with van der Waals surface area (Å²) >= 11 is 1.85. The highest BCUT2D eigenvalue weighted by Gasteiger charge is 2.30. The maximum atomic E-state index is 10.8. The zero-order valence-corrected chi connectivity index (χ0v) is 7.62. The molecule has 1 aliphatic heterocycles. The Morgan fingerprint density at radius 2 is 2.09 bits per heavy atom. The zero-order chi connectivity index (χ0) is 8.32. The molecule has 1 N–H and O–H groups in total. The largest absolute Gasteiger partial charge is 0.389 e. The van der Waals surface area contributed by atoms with Crippen molar-refractivity contribution in [3.05, 3.63) is 0 Å². The minimum Gasteiger partial charge on any atom is -0.389 e. The Morgan fingerprint density at radius 1 is 1.55 bits per heavy atom. The lowest BCUT2D eigenvalue weighted by atomic mass is 9.91. The van der Waals surface area contributed by atoms with E-state index in [1.54, 1.807) is 6.92 Å². The van der Waals surface area contributed by atoms with E-state index in [1.165, 1.54) is 0 Å². The van der Waals surface area contributed by atoms with Gasteiger partial charge in [-0.2, -0.15) is 11.8 Å². The minimum atomic E-state index is -0.670. The van der Waals surface area contributed by atoms with Crippen LogP contribution < -0.4 is 0 Å². The number of thioether (sulfide) groups is 1. The van der Waals surface area contributed by atoms with Gasteiger partial charge >= 0.3 is 0 Å². The average Bonchev–Trinajstić information content (AvgIpc) is 1.85. The first-order chi connectivity index (χ1) is 5.12. The van der Waals surface area contributed by atoms with E-state index in [4.69, 9.17) is 0 Å². The molecule has 0 aromatic carbocycles. The number of hydrogen-bond donors (Lipinski definition) is 1. The van der Waals surface area contributed by atoms with Gasteiger partial charge in [-0.25, -0.2) is 0 Å². The molecule has 0 aromatic rings.